The molecule has 4 nitrogen and oxygen atoms in total. The van der Waals surface area contributed by atoms with Crippen LogP contribution in [0.2, 0.25) is 0 Å². The maximum atomic E-state index is 12.3. The summed E-state index contributed by atoms with van der Waals surface area (Å²) < 4.78 is 5.54. The minimum absolute atomic E-state index is 0.0384. The van der Waals surface area contributed by atoms with Crippen molar-refractivity contribution in [3.8, 4) is 5.75 Å². The molecule has 1 amide bonds. The Morgan fingerprint density at radius 1 is 1.42 bits per heavy atom. The molecule has 1 fully saturated rings. The second-order valence-electron chi connectivity index (χ2n) is 5.25. The second-order valence-corrected chi connectivity index (χ2v) is 5.25. The minimum Gasteiger partial charge on any atom is -0.494 e. The van der Waals surface area contributed by atoms with E-state index in [4.69, 9.17) is 10.5 Å². The standard InChI is InChI=1S/C15H22N2O2/c1-3-8-19-13-7-5-6-12(9-13)14(18)17-10-15(16,4-2)11-17/h5-7,9H,3-4,8,10-11,16H2,1-2H3. The maximum absolute atomic E-state index is 12.3. The number of likely N-dealkylation sites (tertiary alicyclic amines) is 1. The third-order valence-electron chi connectivity index (χ3n) is 3.56. The highest BCUT2D eigenvalue weighted by atomic mass is 16.5. The Morgan fingerprint density at radius 3 is 2.79 bits per heavy atom. The van der Waals surface area contributed by atoms with E-state index in [-0.39, 0.29) is 11.4 Å². The fourth-order valence-corrected chi connectivity index (χ4v) is 2.20. The molecular formula is C15H22N2O2. The van der Waals surface area contributed by atoms with Gasteiger partial charge in [-0.3, -0.25) is 4.79 Å². The van der Waals surface area contributed by atoms with Gasteiger partial charge in [-0.25, -0.2) is 0 Å². The number of hydrogen-bond donors (Lipinski definition) is 1. The van der Waals surface area contributed by atoms with Gasteiger partial charge in [-0.1, -0.05) is 19.9 Å². The van der Waals surface area contributed by atoms with Crippen molar-refractivity contribution < 1.29 is 9.53 Å². The van der Waals surface area contributed by atoms with Gasteiger partial charge < -0.3 is 15.4 Å². The molecule has 1 heterocycles. The SMILES string of the molecule is CCCOc1cccc(C(=O)N2CC(N)(CC)C2)c1. The molecule has 0 aromatic heterocycles. The molecule has 1 aromatic carbocycles. The average molecular weight is 262 g/mol. The van der Waals surface area contributed by atoms with Crippen molar-refractivity contribution in [3.05, 3.63) is 29.8 Å². The van der Waals surface area contributed by atoms with Gasteiger partial charge in [-0.15, -0.1) is 0 Å². The van der Waals surface area contributed by atoms with E-state index >= 15 is 0 Å². The summed E-state index contributed by atoms with van der Waals surface area (Å²) in [6.07, 6.45) is 1.85. The number of nitrogens with zero attached hydrogens (tertiary/aromatic N) is 1. The zero-order chi connectivity index (χ0) is 13.9. The second kappa shape index (κ2) is 5.61. The lowest BCUT2D eigenvalue weighted by Crippen LogP contribution is -2.68. The maximum Gasteiger partial charge on any atom is 0.254 e. The molecular weight excluding hydrogens is 240 g/mol. The van der Waals surface area contributed by atoms with Crippen molar-refractivity contribution in [2.75, 3.05) is 19.7 Å². The van der Waals surface area contributed by atoms with Crippen LogP contribution in [0.25, 0.3) is 0 Å². The van der Waals surface area contributed by atoms with Crippen LogP contribution in [-0.2, 0) is 0 Å². The average Bonchev–Trinajstić information content (AvgIpc) is 2.41. The van der Waals surface area contributed by atoms with Crippen LogP contribution < -0.4 is 10.5 Å². The van der Waals surface area contributed by atoms with E-state index < -0.39 is 0 Å². The van der Waals surface area contributed by atoms with Gasteiger partial charge in [0.05, 0.1) is 12.1 Å². The van der Waals surface area contributed by atoms with Gasteiger partial charge in [0, 0.05) is 18.7 Å². The predicted octanol–water partition coefficient (Wildman–Crippen LogP) is 2.04. The van der Waals surface area contributed by atoms with E-state index in [2.05, 4.69) is 13.8 Å². The summed E-state index contributed by atoms with van der Waals surface area (Å²) in [4.78, 5) is 14.1. The van der Waals surface area contributed by atoms with Crippen molar-refractivity contribution in [2.45, 2.75) is 32.2 Å². The number of amides is 1. The molecule has 0 aliphatic carbocycles. The lowest BCUT2D eigenvalue weighted by Gasteiger charge is -2.47. The van der Waals surface area contributed by atoms with Crippen LogP contribution in [0.3, 0.4) is 0 Å². The van der Waals surface area contributed by atoms with E-state index in [1.54, 1.807) is 11.0 Å². The van der Waals surface area contributed by atoms with Gasteiger partial charge >= 0.3 is 0 Å². The van der Waals surface area contributed by atoms with Gasteiger partial charge in [0.2, 0.25) is 0 Å². The zero-order valence-corrected chi connectivity index (χ0v) is 11.7. The lowest BCUT2D eigenvalue weighted by molar-refractivity contribution is 0.0401. The Bertz CT molecular complexity index is 453. The molecule has 0 spiro atoms. The molecule has 1 aromatic rings. The number of rotatable bonds is 5. The Morgan fingerprint density at radius 2 is 2.16 bits per heavy atom. The van der Waals surface area contributed by atoms with Crippen LogP contribution >= 0.6 is 0 Å². The summed E-state index contributed by atoms with van der Waals surface area (Å²) in [5, 5.41) is 0. The van der Waals surface area contributed by atoms with Crippen molar-refractivity contribution in [1.29, 1.82) is 0 Å². The number of carbonyl (C=O) groups excluding carboxylic acids is 1. The van der Waals surface area contributed by atoms with E-state index in [1.807, 2.05) is 18.2 Å². The summed E-state index contributed by atoms with van der Waals surface area (Å²) in [6.45, 7) is 6.07. The quantitative estimate of drug-likeness (QED) is 0.883. The first-order chi connectivity index (χ1) is 9.08. The zero-order valence-electron chi connectivity index (χ0n) is 11.7. The Kier molecular flexibility index (Phi) is 4.10. The molecule has 1 aliphatic heterocycles. The third kappa shape index (κ3) is 3.07. The third-order valence-corrected chi connectivity index (χ3v) is 3.56. The minimum atomic E-state index is -0.189. The molecule has 1 aliphatic rings. The van der Waals surface area contributed by atoms with Crippen molar-refractivity contribution in [2.24, 2.45) is 5.73 Å². The van der Waals surface area contributed by atoms with Crippen LogP contribution in [0.1, 0.15) is 37.0 Å². The van der Waals surface area contributed by atoms with E-state index in [0.717, 1.165) is 18.6 Å². The van der Waals surface area contributed by atoms with E-state index in [1.165, 1.54) is 0 Å². The molecule has 0 atom stereocenters. The van der Waals surface area contributed by atoms with Gasteiger partial charge in [-0.05, 0) is 31.0 Å². The lowest BCUT2D eigenvalue weighted by atomic mass is 9.88. The van der Waals surface area contributed by atoms with Gasteiger partial charge in [0.25, 0.3) is 5.91 Å². The van der Waals surface area contributed by atoms with Gasteiger partial charge in [0.1, 0.15) is 5.75 Å². The first-order valence-electron chi connectivity index (χ1n) is 6.89. The number of carbonyl (C=O) groups is 1. The molecule has 104 valence electrons. The first kappa shape index (κ1) is 13.9. The molecule has 2 rings (SSSR count). The van der Waals surface area contributed by atoms with Crippen molar-refractivity contribution >= 4 is 5.91 Å². The predicted molar refractivity (Wildman–Crippen MR) is 75.3 cm³/mol. The largest absolute Gasteiger partial charge is 0.494 e. The topological polar surface area (TPSA) is 55.6 Å². The van der Waals surface area contributed by atoms with Crippen molar-refractivity contribution in [1.82, 2.24) is 4.90 Å². The Labute approximate surface area is 114 Å². The van der Waals surface area contributed by atoms with Crippen molar-refractivity contribution in [3.63, 3.8) is 0 Å². The summed E-state index contributed by atoms with van der Waals surface area (Å²) in [7, 11) is 0. The monoisotopic (exact) mass is 262 g/mol. The molecule has 0 unspecified atom stereocenters. The summed E-state index contributed by atoms with van der Waals surface area (Å²) >= 11 is 0. The summed E-state index contributed by atoms with van der Waals surface area (Å²) in [6, 6.07) is 7.36. The molecule has 1 saturated heterocycles. The van der Waals surface area contributed by atoms with Crippen LogP contribution in [0.5, 0.6) is 5.75 Å². The molecule has 2 N–H and O–H groups in total. The Balaban J connectivity index is 2.00. The Hall–Kier alpha value is -1.55. The highest BCUT2D eigenvalue weighted by molar-refractivity contribution is 5.95. The fraction of sp³-hybridized carbons (Fsp3) is 0.533. The molecule has 4 heteroatoms. The normalized spacial score (nSPS) is 16.9. The number of benzene rings is 1. The number of hydrogen-bond acceptors (Lipinski definition) is 3. The van der Waals surface area contributed by atoms with Crippen LogP contribution in [0.15, 0.2) is 24.3 Å². The highest BCUT2D eigenvalue weighted by Gasteiger charge is 2.40. The first-order valence-corrected chi connectivity index (χ1v) is 6.89. The van der Waals surface area contributed by atoms with Gasteiger partial charge in [0.15, 0.2) is 0 Å². The molecule has 0 bridgehead atoms. The van der Waals surface area contributed by atoms with Gasteiger partial charge in [-0.2, -0.15) is 0 Å². The fourth-order valence-electron chi connectivity index (χ4n) is 2.20. The highest BCUT2D eigenvalue weighted by Crippen LogP contribution is 2.24. The van der Waals surface area contributed by atoms with Crippen LogP contribution in [-0.4, -0.2) is 36.0 Å². The van der Waals surface area contributed by atoms with Crippen LogP contribution in [0, 0.1) is 0 Å². The number of nitrogens with two attached hydrogens (primary N) is 1. The molecule has 19 heavy (non-hydrogen) atoms. The van der Waals surface area contributed by atoms with E-state index in [0.29, 0.717) is 25.3 Å². The molecule has 0 radical (unpaired) electrons. The van der Waals surface area contributed by atoms with E-state index in [9.17, 15) is 4.79 Å². The smallest absolute Gasteiger partial charge is 0.254 e. The summed E-state index contributed by atoms with van der Waals surface area (Å²) in [5.74, 6) is 0.791. The number of ether oxygens (including phenoxy) is 1. The van der Waals surface area contributed by atoms with Crippen LogP contribution in [0.4, 0.5) is 0 Å². The molecule has 0 saturated carbocycles. The summed E-state index contributed by atoms with van der Waals surface area (Å²) in [5.41, 5.74) is 6.57.